The maximum atomic E-state index is 13.5. The Morgan fingerprint density at radius 2 is 0.789 bits per heavy atom. The zero-order valence-corrected chi connectivity index (χ0v) is 19.2. The third-order valence-electron chi connectivity index (χ3n) is 5.39. The summed E-state index contributed by atoms with van der Waals surface area (Å²) in [5.41, 5.74) is -9.63. The van der Waals surface area contributed by atoms with E-state index in [1.165, 1.54) is 32.0 Å². The predicted molar refractivity (Wildman–Crippen MR) is 114 cm³/mol. The van der Waals surface area contributed by atoms with Crippen LogP contribution in [0.2, 0.25) is 0 Å². The zero-order valence-electron chi connectivity index (χ0n) is 19.2. The SMILES string of the molecule is Cc1cccc(C)c1N=C(c1cc(C(F)(F)F)cc(C(F)(F)F)c1)c1cc(C(F)(F)F)cc(C(F)(F)F)c1. The monoisotopic (exact) mass is 557 g/mol. The highest BCUT2D eigenvalue weighted by Gasteiger charge is 2.39. The third kappa shape index (κ3) is 6.48. The number of rotatable bonds is 3. The van der Waals surface area contributed by atoms with Gasteiger partial charge in [-0.3, -0.25) is 0 Å². The molecule has 0 heterocycles. The summed E-state index contributed by atoms with van der Waals surface area (Å²) in [5.74, 6) is 0. The van der Waals surface area contributed by atoms with Crippen molar-refractivity contribution in [3.8, 4) is 0 Å². The van der Waals surface area contributed by atoms with Crippen molar-refractivity contribution in [2.24, 2.45) is 4.99 Å². The topological polar surface area (TPSA) is 12.4 Å². The fraction of sp³-hybridized carbons (Fsp3) is 0.240. The van der Waals surface area contributed by atoms with Gasteiger partial charge in [-0.25, -0.2) is 4.99 Å². The molecule has 0 spiro atoms. The van der Waals surface area contributed by atoms with Crippen molar-refractivity contribution in [1.82, 2.24) is 0 Å². The van der Waals surface area contributed by atoms with Gasteiger partial charge in [0.25, 0.3) is 0 Å². The summed E-state index contributed by atoms with van der Waals surface area (Å²) in [4.78, 5) is 4.04. The van der Waals surface area contributed by atoms with Gasteiger partial charge in [0.2, 0.25) is 0 Å². The molecule has 204 valence electrons. The van der Waals surface area contributed by atoms with Crippen LogP contribution in [-0.4, -0.2) is 5.71 Å². The van der Waals surface area contributed by atoms with Crippen LogP contribution in [-0.2, 0) is 24.7 Å². The summed E-state index contributed by atoms with van der Waals surface area (Å²) >= 11 is 0. The Hall–Kier alpha value is -3.51. The van der Waals surface area contributed by atoms with Gasteiger partial charge in [-0.1, -0.05) is 18.2 Å². The minimum absolute atomic E-state index is 0.0561. The number of halogens is 12. The van der Waals surface area contributed by atoms with Crippen LogP contribution >= 0.6 is 0 Å². The Kier molecular flexibility index (Phi) is 7.39. The Balaban J connectivity index is 2.50. The molecule has 3 aromatic carbocycles. The second-order valence-corrected chi connectivity index (χ2v) is 8.29. The van der Waals surface area contributed by atoms with Gasteiger partial charge in [-0.15, -0.1) is 0 Å². The fourth-order valence-electron chi connectivity index (χ4n) is 3.57. The smallest absolute Gasteiger partial charge is 0.247 e. The molecule has 1 nitrogen and oxygen atoms in total. The molecule has 0 aliphatic heterocycles. The van der Waals surface area contributed by atoms with E-state index in [4.69, 9.17) is 0 Å². The van der Waals surface area contributed by atoms with E-state index in [9.17, 15) is 52.7 Å². The van der Waals surface area contributed by atoms with Gasteiger partial charge in [-0.2, -0.15) is 52.7 Å². The molecule has 0 unspecified atom stereocenters. The van der Waals surface area contributed by atoms with Crippen molar-refractivity contribution in [2.75, 3.05) is 0 Å². The first-order valence-corrected chi connectivity index (χ1v) is 10.4. The highest BCUT2D eigenvalue weighted by molar-refractivity contribution is 6.14. The van der Waals surface area contributed by atoms with Gasteiger partial charge < -0.3 is 0 Å². The molecular weight excluding hydrogens is 542 g/mol. The fourth-order valence-corrected chi connectivity index (χ4v) is 3.57. The van der Waals surface area contributed by atoms with Gasteiger partial charge in [0.1, 0.15) is 0 Å². The van der Waals surface area contributed by atoms with Crippen LogP contribution < -0.4 is 0 Å². The largest absolute Gasteiger partial charge is 0.416 e. The highest BCUT2D eigenvalue weighted by atomic mass is 19.4. The van der Waals surface area contributed by atoms with Crippen LogP contribution in [0.1, 0.15) is 44.5 Å². The second kappa shape index (κ2) is 9.66. The lowest BCUT2D eigenvalue weighted by Gasteiger charge is -2.18. The van der Waals surface area contributed by atoms with Gasteiger partial charge >= 0.3 is 24.7 Å². The van der Waals surface area contributed by atoms with E-state index in [1.54, 1.807) is 0 Å². The molecule has 13 heteroatoms. The number of alkyl halides is 12. The van der Waals surface area contributed by atoms with Gasteiger partial charge in [-0.05, 0) is 61.4 Å². The van der Waals surface area contributed by atoms with E-state index in [0.717, 1.165) is 0 Å². The number of hydrogen-bond acceptors (Lipinski definition) is 1. The van der Waals surface area contributed by atoms with Crippen LogP contribution in [0.3, 0.4) is 0 Å². The van der Waals surface area contributed by atoms with Gasteiger partial charge in [0.15, 0.2) is 0 Å². The minimum Gasteiger partial charge on any atom is -0.247 e. The van der Waals surface area contributed by atoms with Gasteiger partial charge in [0, 0.05) is 11.1 Å². The van der Waals surface area contributed by atoms with E-state index < -0.39 is 63.8 Å². The molecule has 3 rings (SSSR count). The lowest BCUT2D eigenvalue weighted by molar-refractivity contribution is -0.144. The Labute approximate surface area is 207 Å². The number of nitrogens with zero attached hydrogens (tertiary/aromatic N) is 1. The van der Waals surface area contributed by atoms with Crippen molar-refractivity contribution < 1.29 is 52.7 Å². The number of aliphatic imine (C=N–C) groups is 1. The summed E-state index contributed by atoms with van der Waals surface area (Å²) in [6.45, 7) is 2.90. The quantitative estimate of drug-likeness (QED) is 0.225. The first kappa shape index (κ1) is 29.1. The molecule has 0 saturated carbocycles. The summed E-state index contributed by atoms with van der Waals surface area (Å²) < 4.78 is 162. The molecule has 3 aromatic rings. The molecule has 0 fully saturated rings. The highest BCUT2D eigenvalue weighted by Crippen LogP contribution is 2.40. The maximum Gasteiger partial charge on any atom is 0.416 e. The maximum absolute atomic E-state index is 13.5. The lowest BCUT2D eigenvalue weighted by atomic mass is 9.94. The molecule has 0 radical (unpaired) electrons. The van der Waals surface area contributed by atoms with Crippen LogP contribution in [0, 0.1) is 13.8 Å². The summed E-state index contributed by atoms with van der Waals surface area (Å²) in [7, 11) is 0. The molecule has 0 N–H and O–H groups in total. The number of aryl methyl sites for hydroxylation is 2. The molecule has 0 aliphatic carbocycles. The van der Waals surface area contributed by atoms with Crippen molar-refractivity contribution in [3.63, 3.8) is 0 Å². The first-order chi connectivity index (χ1) is 17.2. The van der Waals surface area contributed by atoms with Crippen LogP contribution in [0.25, 0.3) is 0 Å². The molecule has 0 aliphatic rings. The molecule has 0 saturated heterocycles. The van der Waals surface area contributed by atoms with Crippen molar-refractivity contribution in [2.45, 2.75) is 38.6 Å². The minimum atomic E-state index is -5.33. The summed E-state index contributed by atoms with van der Waals surface area (Å²) in [6.07, 6.45) is -21.3. The van der Waals surface area contributed by atoms with E-state index in [-0.39, 0.29) is 42.1 Å². The molecule has 38 heavy (non-hydrogen) atoms. The van der Waals surface area contributed by atoms with Crippen molar-refractivity contribution in [3.05, 3.63) is 99.1 Å². The average molecular weight is 557 g/mol. The Morgan fingerprint density at radius 3 is 1.05 bits per heavy atom. The normalized spacial score (nSPS) is 13.0. The third-order valence-corrected chi connectivity index (χ3v) is 5.39. The lowest BCUT2D eigenvalue weighted by Crippen LogP contribution is -2.16. The van der Waals surface area contributed by atoms with Gasteiger partial charge in [0.05, 0.1) is 33.7 Å². The second-order valence-electron chi connectivity index (χ2n) is 8.29. The molecule has 0 bridgehead atoms. The van der Waals surface area contributed by atoms with Crippen molar-refractivity contribution >= 4 is 11.4 Å². The summed E-state index contributed by atoms with van der Waals surface area (Å²) in [5, 5.41) is 0. The van der Waals surface area contributed by atoms with Crippen LogP contribution in [0.4, 0.5) is 58.4 Å². The average Bonchev–Trinajstić information content (AvgIpc) is 2.76. The predicted octanol–water partition coefficient (Wildman–Crippen LogP) is 9.55. The van der Waals surface area contributed by atoms with Crippen molar-refractivity contribution in [1.29, 1.82) is 0 Å². The zero-order chi connectivity index (χ0) is 28.8. The Bertz CT molecular complexity index is 1210. The van der Waals surface area contributed by atoms with Crippen LogP contribution in [0.5, 0.6) is 0 Å². The first-order valence-electron chi connectivity index (χ1n) is 10.4. The molecule has 0 aromatic heterocycles. The Morgan fingerprint density at radius 1 is 0.500 bits per heavy atom. The molecular formula is C25H15F12N. The number of para-hydroxylation sites is 1. The standard InChI is InChI=1S/C25H15F12N/c1-12-4-3-5-13(2)20(12)38-21(14-6-16(22(26,27)28)10-17(7-14)23(29,30)31)15-8-18(24(32,33)34)11-19(9-15)25(35,36)37/h3-11H,1-2H3. The summed E-state index contributed by atoms with van der Waals surface area (Å²) in [6, 6.07) is 4.76. The van der Waals surface area contributed by atoms with E-state index in [1.807, 2.05) is 0 Å². The number of benzene rings is 3. The molecule has 0 atom stereocenters. The van der Waals surface area contributed by atoms with E-state index in [2.05, 4.69) is 4.99 Å². The van der Waals surface area contributed by atoms with Crippen LogP contribution in [0.15, 0.2) is 59.6 Å². The van der Waals surface area contributed by atoms with E-state index in [0.29, 0.717) is 11.1 Å². The molecule has 0 amide bonds. The van der Waals surface area contributed by atoms with E-state index >= 15 is 0 Å². The number of hydrogen-bond donors (Lipinski definition) is 0.